The number of halogens is 3. The third kappa shape index (κ3) is 6.56. The largest absolute Gasteiger partial charge is 0.476 e. The van der Waals surface area contributed by atoms with Crippen molar-refractivity contribution in [2.45, 2.75) is 6.18 Å². The Morgan fingerprint density at radius 1 is 1.05 bits per heavy atom. The fourth-order valence-corrected chi connectivity index (χ4v) is 3.91. The van der Waals surface area contributed by atoms with Crippen LogP contribution in [0.4, 0.5) is 19.0 Å². The van der Waals surface area contributed by atoms with Gasteiger partial charge in [0.05, 0.1) is 36.4 Å². The molecule has 10 nitrogen and oxygen atoms in total. The Hall–Kier alpha value is -4.36. The highest BCUT2D eigenvalue weighted by Gasteiger charge is 2.36. The van der Waals surface area contributed by atoms with Crippen molar-refractivity contribution in [3.8, 4) is 22.8 Å². The molecule has 13 heteroatoms. The van der Waals surface area contributed by atoms with Crippen LogP contribution in [0.5, 0.6) is 5.88 Å². The highest BCUT2D eigenvalue weighted by atomic mass is 19.4. The number of hydrogen-bond donors (Lipinski definition) is 1. The molecule has 1 amide bonds. The van der Waals surface area contributed by atoms with Crippen molar-refractivity contribution in [2.24, 2.45) is 0 Å². The number of anilines is 1. The lowest BCUT2D eigenvalue weighted by molar-refractivity contribution is -0.142. The maximum Gasteiger partial charge on any atom is 0.433 e. The molecule has 0 radical (unpaired) electrons. The molecule has 202 valence electrons. The van der Waals surface area contributed by atoms with Crippen LogP contribution in [0.2, 0.25) is 0 Å². The normalized spacial score (nSPS) is 14.2. The van der Waals surface area contributed by atoms with Crippen LogP contribution >= 0.6 is 0 Å². The standard InChI is InChI=1S/C26H24F3N7O3/c27-26(28,29)22-14-21(18-2-1-7-30-15-18)34-36(22)20-4-5-23(31-17-20)33-25(37)19-3-6-24(32-16-19)39-13-10-35-8-11-38-12-9-35/h1-7,14-17H,8-13H2,(H,31,33,37). The third-order valence-corrected chi connectivity index (χ3v) is 5.95. The molecular formula is C26H24F3N7O3. The summed E-state index contributed by atoms with van der Waals surface area (Å²) in [5, 5.41) is 6.72. The second kappa shape index (κ2) is 11.6. The molecule has 0 atom stereocenters. The van der Waals surface area contributed by atoms with Crippen molar-refractivity contribution in [1.29, 1.82) is 0 Å². The summed E-state index contributed by atoms with van der Waals surface area (Å²) in [5.41, 5.74) is -0.0440. The quantitative estimate of drug-likeness (QED) is 0.361. The van der Waals surface area contributed by atoms with Gasteiger partial charge in [0.2, 0.25) is 5.88 Å². The summed E-state index contributed by atoms with van der Waals surface area (Å²) < 4.78 is 52.9. The summed E-state index contributed by atoms with van der Waals surface area (Å²) in [6.07, 6.45) is 0.893. The molecule has 1 fully saturated rings. The highest BCUT2D eigenvalue weighted by molar-refractivity contribution is 6.03. The molecule has 1 aliphatic heterocycles. The predicted molar refractivity (Wildman–Crippen MR) is 135 cm³/mol. The molecule has 4 aromatic rings. The number of alkyl halides is 3. The van der Waals surface area contributed by atoms with Crippen LogP contribution in [-0.2, 0) is 10.9 Å². The molecule has 0 aromatic carbocycles. The van der Waals surface area contributed by atoms with E-state index in [0.29, 0.717) is 31.3 Å². The van der Waals surface area contributed by atoms with E-state index in [-0.39, 0.29) is 22.8 Å². The molecule has 1 N–H and O–H groups in total. The van der Waals surface area contributed by atoms with Crippen molar-refractivity contribution in [2.75, 3.05) is 44.8 Å². The minimum atomic E-state index is -4.65. The van der Waals surface area contributed by atoms with E-state index >= 15 is 0 Å². The van der Waals surface area contributed by atoms with E-state index < -0.39 is 17.8 Å². The molecule has 5 rings (SSSR count). The number of aromatic nitrogens is 5. The van der Waals surface area contributed by atoms with Crippen LogP contribution in [-0.4, -0.2) is 75.0 Å². The van der Waals surface area contributed by atoms with Crippen LogP contribution in [0.15, 0.2) is 67.3 Å². The van der Waals surface area contributed by atoms with Gasteiger partial charge in [-0.15, -0.1) is 0 Å². The highest BCUT2D eigenvalue weighted by Crippen LogP contribution is 2.34. The van der Waals surface area contributed by atoms with Gasteiger partial charge in [-0.25, -0.2) is 14.6 Å². The second-order valence-corrected chi connectivity index (χ2v) is 8.61. The van der Waals surface area contributed by atoms with Gasteiger partial charge in [0.15, 0.2) is 0 Å². The minimum Gasteiger partial charge on any atom is -0.476 e. The maximum atomic E-state index is 13.7. The van der Waals surface area contributed by atoms with E-state index in [1.165, 1.54) is 36.9 Å². The lowest BCUT2D eigenvalue weighted by Crippen LogP contribution is -2.38. The van der Waals surface area contributed by atoms with E-state index in [9.17, 15) is 18.0 Å². The zero-order valence-corrected chi connectivity index (χ0v) is 20.6. The topological polar surface area (TPSA) is 107 Å². The lowest BCUT2D eigenvalue weighted by Gasteiger charge is -2.26. The zero-order chi connectivity index (χ0) is 27.2. The number of carbonyl (C=O) groups excluding carboxylic acids is 1. The van der Waals surface area contributed by atoms with Gasteiger partial charge in [0.25, 0.3) is 5.91 Å². The number of rotatable bonds is 8. The molecule has 1 saturated heterocycles. The Morgan fingerprint density at radius 2 is 1.90 bits per heavy atom. The number of nitrogens with zero attached hydrogens (tertiary/aromatic N) is 6. The second-order valence-electron chi connectivity index (χ2n) is 8.61. The number of amides is 1. The third-order valence-electron chi connectivity index (χ3n) is 5.95. The summed E-state index contributed by atoms with van der Waals surface area (Å²) in [4.78, 5) is 27.1. The Balaban J connectivity index is 1.22. The number of pyridine rings is 3. The van der Waals surface area contributed by atoms with Gasteiger partial charge in [0, 0.05) is 49.9 Å². The van der Waals surface area contributed by atoms with Crippen molar-refractivity contribution < 1.29 is 27.4 Å². The molecule has 0 aliphatic carbocycles. The summed E-state index contributed by atoms with van der Waals surface area (Å²) in [7, 11) is 0. The monoisotopic (exact) mass is 539 g/mol. The molecule has 0 spiro atoms. The lowest BCUT2D eigenvalue weighted by atomic mass is 10.2. The van der Waals surface area contributed by atoms with E-state index in [4.69, 9.17) is 9.47 Å². The minimum absolute atomic E-state index is 0.0794. The van der Waals surface area contributed by atoms with Crippen LogP contribution in [0.3, 0.4) is 0 Å². The van der Waals surface area contributed by atoms with Crippen molar-refractivity contribution in [3.05, 3.63) is 78.5 Å². The number of hydrogen-bond acceptors (Lipinski definition) is 8. The fraction of sp³-hybridized carbons (Fsp3) is 0.269. The van der Waals surface area contributed by atoms with Gasteiger partial charge in [-0.3, -0.25) is 14.7 Å². The van der Waals surface area contributed by atoms with Crippen LogP contribution < -0.4 is 10.1 Å². The SMILES string of the molecule is O=C(Nc1ccc(-n2nc(-c3cccnc3)cc2C(F)(F)F)cn1)c1ccc(OCCN2CCOCC2)nc1. The van der Waals surface area contributed by atoms with Gasteiger partial charge in [0.1, 0.15) is 18.1 Å². The predicted octanol–water partition coefficient (Wildman–Crippen LogP) is 3.71. The van der Waals surface area contributed by atoms with Gasteiger partial charge in [-0.1, -0.05) is 0 Å². The van der Waals surface area contributed by atoms with Gasteiger partial charge in [-0.2, -0.15) is 18.3 Å². The van der Waals surface area contributed by atoms with E-state index in [2.05, 4.69) is 30.3 Å². The Kier molecular flexibility index (Phi) is 7.79. The van der Waals surface area contributed by atoms with Crippen molar-refractivity contribution in [1.82, 2.24) is 29.6 Å². The Labute approximate surface area is 221 Å². The molecule has 5 heterocycles. The number of morpholine rings is 1. The van der Waals surface area contributed by atoms with E-state index in [1.54, 1.807) is 24.3 Å². The first kappa shape index (κ1) is 26.3. The molecule has 0 unspecified atom stereocenters. The first-order valence-electron chi connectivity index (χ1n) is 12.1. The van der Waals surface area contributed by atoms with Crippen molar-refractivity contribution >= 4 is 11.7 Å². The number of nitrogens with one attached hydrogen (secondary N) is 1. The van der Waals surface area contributed by atoms with Crippen LogP contribution in [0, 0.1) is 0 Å². The zero-order valence-electron chi connectivity index (χ0n) is 20.6. The Morgan fingerprint density at radius 3 is 2.56 bits per heavy atom. The molecule has 4 aromatic heterocycles. The Bertz CT molecular complexity index is 1390. The maximum absolute atomic E-state index is 13.7. The molecular weight excluding hydrogens is 515 g/mol. The fourth-order valence-electron chi connectivity index (χ4n) is 3.91. The van der Waals surface area contributed by atoms with Gasteiger partial charge in [-0.05, 0) is 36.4 Å². The van der Waals surface area contributed by atoms with Crippen LogP contribution in [0.1, 0.15) is 16.1 Å². The summed E-state index contributed by atoms with van der Waals surface area (Å²) in [5.74, 6) is 0.0759. The van der Waals surface area contributed by atoms with Gasteiger partial charge >= 0.3 is 6.18 Å². The number of carbonyl (C=O) groups is 1. The smallest absolute Gasteiger partial charge is 0.433 e. The summed E-state index contributed by atoms with van der Waals surface area (Å²) in [6.45, 7) is 4.37. The average Bonchev–Trinajstić information content (AvgIpc) is 3.42. The summed E-state index contributed by atoms with van der Waals surface area (Å²) >= 11 is 0. The first-order valence-corrected chi connectivity index (χ1v) is 12.1. The molecule has 0 bridgehead atoms. The summed E-state index contributed by atoms with van der Waals surface area (Å²) in [6, 6.07) is 10.1. The van der Waals surface area contributed by atoms with E-state index in [1.807, 2.05) is 0 Å². The number of ether oxygens (including phenoxy) is 2. The van der Waals surface area contributed by atoms with Crippen molar-refractivity contribution in [3.63, 3.8) is 0 Å². The van der Waals surface area contributed by atoms with Gasteiger partial charge < -0.3 is 14.8 Å². The van der Waals surface area contributed by atoms with Crippen LogP contribution in [0.25, 0.3) is 16.9 Å². The average molecular weight is 540 g/mol. The first-order chi connectivity index (χ1) is 18.9. The molecule has 39 heavy (non-hydrogen) atoms. The molecule has 1 aliphatic rings. The van der Waals surface area contributed by atoms with E-state index in [0.717, 1.165) is 30.4 Å². The molecule has 0 saturated carbocycles.